The second kappa shape index (κ2) is 9.59. The topological polar surface area (TPSA) is 98.0 Å². The van der Waals surface area contributed by atoms with Crippen LogP contribution in [0, 0.1) is 12.7 Å². The fraction of sp³-hybridized carbons (Fsp3) is 0.0370. The van der Waals surface area contributed by atoms with Crippen LogP contribution < -0.4 is 21.3 Å². The van der Waals surface area contributed by atoms with Crippen molar-refractivity contribution in [1.82, 2.24) is 4.98 Å². The Bertz CT molecular complexity index is 1510. The molecule has 0 spiro atoms. The Hall–Kier alpha value is -4.56. The minimum absolute atomic E-state index is 0.0206. The van der Waals surface area contributed by atoms with Crippen LogP contribution in [0.5, 0.6) is 0 Å². The Morgan fingerprint density at radius 1 is 0.972 bits per heavy atom. The first-order valence-electron chi connectivity index (χ1n) is 11.1. The fourth-order valence-corrected chi connectivity index (χ4v) is 4.03. The number of hydrogen-bond acceptors (Lipinski definition) is 3. The van der Waals surface area contributed by atoms with Crippen LogP contribution in [0.2, 0.25) is 5.02 Å². The first-order chi connectivity index (χ1) is 17.4. The normalized spacial score (nSPS) is 13.3. The van der Waals surface area contributed by atoms with Gasteiger partial charge in [0.2, 0.25) is 0 Å². The van der Waals surface area contributed by atoms with Gasteiger partial charge < -0.3 is 26.3 Å². The highest BCUT2D eigenvalue weighted by Crippen LogP contribution is 2.36. The van der Waals surface area contributed by atoms with Gasteiger partial charge in [-0.25, -0.2) is 9.18 Å². The van der Waals surface area contributed by atoms with Crippen LogP contribution in [0.15, 0.2) is 72.9 Å². The van der Waals surface area contributed by atoms with Gasteiger partial charge in [0.05, 0.1) is 16.9 Å². The van der Waals surface area contributed by atoms with Gasteiger partial charge in [-0.2, -0.15) is 0 Å². The number of aromatic nitrogens is 1. The molecule has 1 aliphatic rings. The number of carbonyl (C=O) groups is 2. The molecule has 3 amide bonds. The lowest BCUT2D eigenvalue weighted by Gasteiger charge is -2.14. The van der Waals surface area contributed by atoms with Crippen molar-refractivity contribution in [3.05, 3.63) is 101 Å². The zero-order chi connectivity index (χ0) is 25.2. The van der Waals surface area contributed by atoms with Gasteiger partial charge in [-0.1, -0.05) is 23.7 Å². The summed E-state index contributed by atoms with van der Waals surface area (Å²) in [5.41, 5.74) is 5.97. The predicted molar refractivity (Wildman–Crippen MR) is 142 cm³/mol. The molecule has 2 heterocycles. The molecule has 5 rings (SSSR count). The van der Waals surface area contributed by atoms with E-state index in [2.05, 4.69) is 26.3 Å². The van der Waals surface area contributed by atoms with Crippen LogP contribution in [0.25, 0.3) is 11.6 Å². The summed E-state index contributed by atoms with van der Waals surface area (Å²) in [5.74, 6) is -0.791. The number of fused-ring (bicyclic) bond motifs is 1. The van der Waals surface area contributed by atoms with E-state index in [0.717, 1.165) is 34.3 Å². The highest BCUT2D eigenvalue weighted by Gasteiger charge is 2.24. The Morgan fingerprint density at radius 2 is 1.81 bits per heavy atom. The zero-order valence-corrected chi connectivity index (χ0v) is 19.8. The number of halogens is 2. The van der Waals surface area contributed by atoms with Gasteiger partial charge in [0.1, 0.15) is 5.82 Å². The van der Waals surface area contributed by atoms with E-state index < -0.39 is 11.8 Å². The second-order valence-electron chi connectivity index (χ2n) is 8.26. The average molecular weight is 502 g/mol. The fourth-order valence-electron chi connectivity index (χ4n) is 3.87. The molecule has 0 atom stereocenters. The molecular weight excluding hydrogens is 481 g/mol. The molecule has 180 valence electrons. The standard InChI is InChI=1S/C27H21ClFN5O2/c1-15-4-6-19(32-27(36)34-23-9-5-16(28)11-22(23)29)13-24(15)31-18-7-8-20-21(12-17-3-2-10-30-17)26(35)33-25(20)14-18/h2-14,30-31H,1H3,(H,33,35)(H2,32,34,36)/b21-12+. The van der Waals surface area contributed by atoms with E-state index >= 15 is 0 Å². The Balaban J connectivity index is 1.31. The maximum Gasteiger partial charge on any atom is 0.323 e. The number of rotatable bonds is 5. The molecule has 36 heavy (non-hydrogen) atoms. The van der Waals surface area contributed by atoms with E-state index in [-0.39, 0.29) is 16.6 Å². The largest absolute Gasteiger partial charge is 0.362 e. The molecule has 5 N–H and O–H groups in total. The van der Waals surface area contributed by atoms with Crippen molar-refractivity contribution in [3.8, 4) is 0 Å². The molecule has 0 unspecified atom stereocenters. The van der Waals surface area contributed by atoms with Crippen molar-refractivity contribution in [1.29, 1.82) is 0 Å². The van der Waals surface area contributed by atoms with Gasteiger partial charge in [0.25, 0.3) is 5.91 Å². The number of hydrogen-bond donors (Lipinski definition) is 5. The number of amides is 3. The molecule has 9 heteroatoms. The van der Waals surface area contributed by atoms with Crippen LogP contribution in [-0.2, 0) is 4.79 Å². The highest BCUT2D eigenvalue weighted by molar-refractivity contribution is 6.35. The monoisotopic (exact) mass is 501 g/mol. The van der Waals surface area contributed by atoms with Crippen LogP contribution in [0.1, 0.15) is 16.8 Å². The summed E-state index contributed by atoms with van der Waals surface area (Å²) >= 11 is 5.76. The molecule has 4 aromatic rings. The van der Waals surface area contributed by atoms with E-state index in [9.17, 15) is 14.0 Å². The Labute approximate surface area is 211 Å². The average Bonchev–Trinajstić information content (AvgIpc) is 3.46. The summed E-state index contributed by atoms with van der Waals surface area (Å²) in [6.07, 6.45) is 3.62. The first-order valence-corrected chi connectivity index (χ1v) is 11.4. The number of benzene rings is 3. The lowest BCUT2D eigenvalue weighted by molar-refractivity contribution is -0.110. The van der Waals surface area contributed by atoms with Crippen molar-refractivity contribution >= 4 is 63.6 Å². The van der Waals surface area contributed by atoms with Crippen molar-refractivity contribution in [2.75, 3.05) is 21.3 Å². The lowest BCUT2D eigenvalue weighted by atomic mass is 10.1. The maximum atomic E-state index is 14.0. The summed E-state index contributed by atoms with van der Waals surface area (Å²) < 4.78 is 14.0. The summed E-state index contributed by atoms with van der Waals surface area (Å²) in [7, 11) is 0. The summed E-state index contributed by atoms with van der Waals surface area (Å²) in [6, 6.07) is 18.2. The third-order valence-electron chi connectivity index (χ3n) is 5.68. The quantitative estimate of drug-likeness (QED) is 0.190. The van der Waals surface area contributed by atoms with Crippen LogP contribution >= 0.6 is 11.6 Å². The number of urea groups is 1. The summed E-state index contributed by atoms with van der Waals surface area (Å²) in [5, 5.41) is 11.7. The predicted octanol–water partition coefficient (Wildman–Crippen LogP) is 7.00. The highest BCUT2D eigenvalue weighted by atomic mass is 35.5. The maximum absolute atomic E-state index is 14.0. The smallest absolute Gasteiger partial charge is 0.323 e. The molecule has 0 aliphatic carbocycles. The van der Waals surface area contributed by atoms with Crippen molar-refractivity contribution in [3.63, 3.8) is 0 Å². The summed E-state index contributed by atoms with van der Waals surface area (Å²) in [6.45, 7) is 1.93. The number of carbonyl (C=O) groups excluding carboxylic acids is 2. The lowest BCUT2D eigenvalue weighted by Crippen LogP contribution is -2.20. The molecule has 0 saturated heterocycles. The molecule has 7 nitrogen and oxygen atoms in total. The molecule has 0 radical (unpaired) electrons. The molecule has 0 saturated carbocycles. The molecule has 1 aromatic heterocycles. The molecular formula is C27H21ClFN5O2. The number of anilines is 5. The third kappa shape index (κ3) is 4.94. The SMILES string of the molecule is Cc1ccc(NC(=O)Nc2ccc(Cl)cc2F)cc1Nc1ccc2c(c1)NC(=O)/C2=C/c1ccc[nH]1. The van der Waals surface area contributed by atoms with E-state index in [0.29, 0.717) is 16.9 Å². The number of H-pyrrole nitrogens is 1. The molecule has 0 bridgehead atoms. The number of nitrogens with one attached hydrogen (secondary N) is 5. The zero-order valence-electron chi connectivity index (χ0n) is 19.1. The first kappa shape index (κ1) is 23.2. The van der Waals surface area contributed by atoms with E-state index in [4.69, 9.17) is 11.6 Å². The van der Waals surface area contributed by atoms with Crippen molar-refractivity contribution < 1.29 is 14.0 Å². The van der Waals surface area contributed by atoms with Crippen molar-refractivity contribution in [2.24, 2.45) is 0 Å². The Kier molecular flexibility index (Phi) is 6.18. The van der Waals surface area contributed by atoms with Gasteiger partial charge >= 0.3 is 6.03 Å². The van der Waals surface area contributed by atoms with E-state index in [1.807, 2.05) is 49.4 Å². The minimum atomic E-state index is -0.626. The van der Waals surface area contributed by atoms with Crippen LogP contribution in [0.3, 0.4) is 0 Å². The number of aromatic amines is 1. The Morgan fingerprint density at radius 3 is 2.58 bits per heavy atom. The number of aryl methyl sites for hydroxylation is 1. The van der Waals surface area contributed by atoms with Gasteiger partial charge in [-0.15, -0.1) is 0 Å². The van der Waals surface area contributed by atoms with Crippen LogP contribution in [-0.4, -0.2) is 16.9 Å². The molecule has 1 aliphatic heterocycles. The van der Waals surface area contributed by atoms with E-state index in [1.165, 1.54) is 12.1 Å². The summed E-state index contributed by atoms with van der Waals surface area (Å²) in [4.78, 5) is 28.0. The molecule has 3 aromatic carbocycles. The minimum Gasteiger partial charge on any atom is -0.362 e. The van der Waals surface area contributed by atoms with Gasteiger partial charge in [-0.3, -0.25) is 4.79 Å². The van der Waals surface area contributed by atoms with Crippen molar-refractivity contribution in [2.45, 2.75) is 6.92 Å². The van der Waals surface area contributed by atoms with Gasteiger partial charge in [0.15, 0.2) is 0 Å². The van der Waals surface area contributed by atoms with E-state index in [1.54, 1.807) is 18.3 Å². The van der Waals surface area contributed by atoms with Gasteiger partial charge in [0, 0.05) is 39.5 Å². The second-order valence-corrected chi connectivity index (χ2v) is 8.69. The molecule has 0 fully saturated rings. The third-order valence-corrected chi connectivity index (χ3v) is 5.91. The van der Waals surface area contributed by atoms with Gasteiger partial charge in [-0.05, 0) is 73.2 Å². The van der Waals surface area contributed by atoms with Crippen LogP contribution in [0.4, 0.5) is 37.6 Å².